The van der Waals surface area contributed by atoms with E-state index >= 15 is 0 Å². The van der Waals surface area contributed by atoms with E-state index in [2.05, 4.69) is 40.7 Å². The first-order chi connectivity index (χ1) is 10.0. The number of aromatic amines is 1. The molecule has 1 atom stereocenters. The van der Waals surface area contributed by atoms with Crippen LogP contribution in [0, 0.1) is 6.92 Å². The van der Waals surface area contributed by atoms with E-state index in [1.54, 1.807) is 6.07 Å². The molecule has 3 rings (SSSR count). The zero-order valence-corrected chi connectivity index (χ0v) is 12.7. The van der Waals surface area contributed by atoms with Crippen molar-refractivity contribution in [2.24, 2.45) is 0 Å². The topological polar surface area (TPSA) is 75.6 Å². The highest BCUT2D eigenvalue weighted by atomic mass is 16.2. The van der Waals surface area contributed by atoms with E-state index in [1.807, 2.05) is 11.6 Å². The molecule has 2 aromatic rings. The molecule has 1 amide bonds. The Morgan fingerprint density at radius 1 is 1.52 bits per heavy atom. The first kappa shape index (κ1) is 13.9. The summed E-state index contributed by atoms with van der Waals surface area (Å²) in [6, 6.07) is 2.07. The highest BCUT2D eigenvalue weighted by Gasteiger charge is 2.26. The monoisotopic (exact) mass is 287 g/mol. The average Bonchev–Trinajstić information content (AvgIpc) is 3.05. The summed E-state index contributed by atoms with van der Waals surface area (Å²) in [6.45, 7) is 6.10. The zero-order chi connectivity index (χ0) is 15.0. The van der Waals surface area contributed by atoms with Crippen LogP contribution in [-0.4, -0.2) is 25.9 Å². The highest BCUT2D eigenvalue weighted by Crippen LogP contribution is 2.29. The number of carbonyl (C=O) groups is 1. The minimum absolute atomic E-state index is 0.0155. The van der Waals surface area contributed by atoms with Gasteiger partial charge in [-0.3, -0.25) is 14.6 Å². The summed E-state index contributed by atoms with van der Waals surface area (Å²) in [7, 11) is 0. The Labute approximate surface area is 123 Å². The van der Waals surface area contributed by atoms with Crippen LogP contribution >= 0.6 is 0 Å². The maximum absolute atomic E-state index is 12.2. The Bertz CT molecular complexity index is 655. The van der Waals surface area contributed by atoms with Crippen LogP contribution in [0.1, 0.15) is 66.2 Å². The fourth-order valence-electron chi connectivity index (χ4n) is 2.73. The van der Waals surface area contributed by atoms with Gasteiger partial charge in [-0.15, -0.1) is 0 Å². The van der Waals surface area contributed by atoms with Gasteiger partial charge in [0.05, 0.1) is 11.7 Å². The molecule has 2 heterocycles. The number of H-pyrrole nitrogens is 1. The van der Waals surface area contributed by atoms with Crippen LogP contribution in [0.3, 0.4) is 0 Å². The minimum atomic E-state index is -0.142. The number of nitrogens with one attached hydrogen (secondary N) is 2. The van der Waals surface area contributed by atoms with Crippen molar-refractivity contribution in [1.82, 2.24) is 25.3 Å². The van der Waals surface area contributed by atoms with E-state index < -0.39 is 0 Å². The molecule has 1 aliphatic carbocycles. The van der Waals surface area contributed by atoms with Crippen LogP contribution in [0.15, 0.2) is 12.3 Å². The molecular formula is C15H21N5O. The van der Waals surface area contributed by atoms with Crippen LogP contribution in [0.25, 0.3) is 0 Å². The second-order valence-electron chi connectivity index (χ2n) is 5.97. The van der Waals surface area contributed by atoms with Gasteiger partial charge < -0.3 is 5.32 Å². The Hall–Kier alpha value is -2.11. The third-order valence-corrected chi connectivity index (χ3v) is 3.88. The SMILES string of the molecule is Cc1cc(C(=O)N[C@@H]2CCCc3cn(C(C)C)nc32)n[nH]1. The molecule has 6 heteroatoms. The van der Waals surface area contributed by atoms with E-state index in [9.17, 15) is 4.79 Å². The number of aromatic nitrogens is 4. The Balaban J connectivity index is 1.80. The van der Waals surface area contributed by atoms with Crippen molar-refractivity contribution in [2.45, 2.75) is 52.1 Å². The molecule has 0 unspecified atom stereocenters. The Kier molecular flexibility index (Phi) is 3.53. The van der Waals surface area contributed by atoms with Crippen LogP contribution in [0.4, 0.5) is 0 Å². The summed E-state index contributed by atoms with van der Waals surface area (Å²) in [5.41, 5.74) is 3.57. The second-order valence-corrected chi connectivity index (χ2v) is 5.97. The van der Waals surface area contributed by atoms with E-state index in [0.29, 0.717) is 11.7 Å². The minimum Gasteiger partial charge on any atom is -0.342 e. The summed E-state index contributed by atoms with van der Waals surface area (Å²) in [6.07, 6.45) is 5.14. The summed E-state index contributed by atoms with van der Waals surface area (Å²) >= 11 is 0. The van der Waals surface area contributed by atoms with Crippen LogP contribution < -0.4 is 5.32 Å². The average molecular weight is 287 g/mol. The van der Waals surface area contributed by atoms with Crippen molar-refractivity contribution in [3.63, 3.8) is 0 Å². The van der Waals surface area contributed by atoms with Gasteiger partial charge in [-0.1, -0.05) is 0 Å². The molecule has 6 nitrogen and oxygen atoms in total. The maximum atomic E-state index is 12.2. The highest BCUT2D eigenvalue weighted by molar-refractivity contribution is 5.92. The largest absolute Gasteiger partial charge is 0.342 e. The van der Waals surface area contributed by atoms with Gasteiger partial charge >= 0.3 is 0 Å². The predicted molar refractivity (Wildman–Crippen MR) is 79.1 cm³/mol. The number of hydrogen-bond donors (Lipinski definition) is 2. The fraction of sp³-hybridized carbons (Fsp3) is 0.533. The summed E-state index contributed by atoms with van der Waals surface area (Å²) in [5.74, 6) is -0.142. The molecule has 2 N–H and O–H groups in total. The van der Waals surface area contributed by atoms with Crippen LogP contribution in [0.2, 0.25) is 0 Å². The quantitative estimate of drug-likeness (QED) is 0.909. The van der Waals surface area contributed by atoms with Crippen molar-refractivity contribution in [1.29, 1.82) is 0 Å². The lowest BCUT2D eigenvalue weighted by atomic mass is 9.93. The van der Waals surface area contributed by atoms with Gasteiger partial charge in [-0.05, 0) is 51.7 Å². The number of fused-ring (bicyclic) bond motifs is 1. The smallest absolute Gasteiger partial charge is 0.272 e. The summed E-state index contributed by atoms with van der Waals surface area (Å²) < 4.78 is 1.98. The maximum Gasteiger partial charge on any atom is 0.272 e. The zero-order valence-electron chi connectivity index (χ0n) is 12.7. The molecule has 0 spiro atoms. The predicted octanol–water partition coefficient (Wildman–Crippen LogP) is 2.30. The number of amides is 1. The number of aryl methyl sites for hydroxylation is 2. The molecule has 0 saturated heterocycles. The van der Waals surface area contributed by atoms with Gasteiger partial charge in [0.25, 0.3) is 5.91 Å². The van der Waals surface area contributed by atoms with Gasteiger partial charge in [0.15, 0.2) is 0 Å². The van der Waals surface area contributed by atoms with Crippen LogP contribution in [0.5, 0.6) is 0 Å². The normalized spacial score (nSPS) is 17.8. The Morgan fingerprint density at radius 3 is 3.00 bits per heavy atom. The third kappa shape index (κ3) is 2.70. The lowest BCUT2D eigenvalue weighted by Gasteiger charge is -2.21. The first-order valence-electron chi connectivity index (χ1n) is 7.45. The molecule has 0 bridgehead atoms. The molecule has 0 fully saturated rings. The second kappa shape index (κ2) is 5.35. The van der Waals surface area contributed by atoms with Gasteiger partial charge in [-0.25, -0.2) is 0 Å². The number of nitrogens with zero attached hydrogens (tertiary/aromatic N) is 3. The Morgan fingerprint density at radius 2 is 2.33 bits per heavy atom. The van der Waals surface area contributed by atoms with Gasteiger partial charge in [0, 0.05) is 17.9 Å². The molecule has 0 radical (unpaired) electrons. The van der Waals surface area contributed by atoms with Gasteiger partial charge in [-0.2, -0.15) is 10.2 Å². The first-order valence-corrected chi connectivity index (χ1v) is 7.45. The molecule has 0 saturated carbocycles. The third-order valence-electron chi connectivity index (χ3n) is 3.88. The molecule has 0 aromatic carbocycles. The molecule has 112 valence electrons. The fourth-order valence-corrected chi connectivity index (χ4v) is 2.73. The molecule has 2 aromatic heterocycles. The lowest BCUT2D eigenvalue weighted by molar-refractivity contribution is 0.0926. The number of hydrogen-bond acceptors (Lipinski definition) is 3. The lowest BCUT2D eigenvalue weighted by Crippen LogP contribution is -2.31. The van der Waals surface area contributed by atoms with Crippen molar-refractivity contribution in [3.8, 4) is 0 Å². The van der Waals surface area contributed by atoms with Crippen molar-refractivity contribution in [2.75, 3.05) is 0 Å². The van der Waals surface area contributed by atoms with Gasteiger partial charge in [0.2, 0.25) is 0 Å². The summed E-state index contributed by atoms with van der Waals surface area (Å²) in [4.78, 5) is 12.2. The van der Waals surface area contributed by atoms with E-state index in [1.165, 1.54) is 5.56 Å². The molecule has 1 aliphatic rings. The van der Waals surface area contributed by atoms with Gasteiger partial charge in [0.1, 0.15) is 5.69 Å². The van der Waals surface area contributed by atoms with Crippen molar-refractivity contribution >= 4 is 5.91 Å². The van der Waals surface area contributed by atoms with Crippen LogP contribution in [-0.2, 0) is 6.42 Å². The number of carbonyl (C=O) groups excluding carboxylic acids is 1. The van der Waals surface area contributed by atoms with Crippen molar-refractivity contribution < 1.29 is 4.79 Å². The van der Waals surface area contributed by atoms with E-state index in [-0.39, 0.29) is 11.9 Å². The number of rotatable bonds is 3. The molecule has 21 heavy (non-hydrogen) atoms. The van der Waals surface area contributed by atoms with E-state index in [4.69, 9.17) is 0 Å². The van der Waals surface area contributed by atoms with Crippen molar-refractivity contribution in [3.05, 3.63) is 34.9 Å². The molecule has 0 aliphatic heterocycles. The van der Waals surface area contributed by atoms with E-state index in [0.717, 1.165) is 30.7 Å². The summed E-state index contributed by atoms with van der Waals surface area (Å²) in [5, 5.41) is 14.5. The standard InChI is InChI=1S/C15H21N5O/c1-9(2)20-8-11-5-4-6-12(14(11)19-20)16-15(21)13-7-10(3)17-18-13/h7-9,12H,4-6H2,1-3H3,(H,16,21)(H,17,18)/t12-/m1/s1. The molecular weight excluding hydrogens is 266 g/mol.